The SMILES string of the molecule is CC.CC.CCC.CCC(C1CCC(C)(CC)C1C)C(C)(C)C(C)C. The van der Waals surface area contributed by atoms with E-state index < -0.39 is 0 Å². The molecule has 25 heavy (non-hydrogen) atoms. The van der Waals surface area contributed by atoms with Crippen molar-refractivity contribution in [2.75, 3.05) is 0 Å². The molecule has 0 nitrogen and oxygen atoms in total. The van der Waals surface area contributed by atoms with Gasteiger partial charge >= 0.3 is 0 Å². The quantitative estimate of drug-likeness (QED) is 0.460. The maximum Gasteiger partial charge on any atom is -0.0300 e. The summed E-state index contributed by atoms with van der Waals surface area (Å²) < 4.78 is 0. The standard InChI is InChI=1S/C18H36.C3H8.2C2H6/c1-9-16(17(6,7)13(3)4)15-11-12-18(8,10-2)14(15)5;1-3-2;2*1-2/h13-16H,9-12H2,1-8H3;3H2,1-2H3;2*1-2H3. The van der Waals surface area contributed by atoms with E-state index in [9.17, 15) is 0 Å². The summed E-state index contributed by atoms with van der Waals surface area (Å²) in [6.45, 7) is 31.9. The molecule has 1 aliphatic carbocycles. The third kappa shape index (κ3) is 8.49. The van der Waals surface area contributed by atoms with Gasteiger partial charge < -0.3 is 0 Å². The van der Waals surface area contributed by atoms with Gasteiger partial charge in [-0.2, -0.15) is 0 Å². The molecule has 0 bridgehead atoms. The highest BCUT2D eigenvalue weighted by Gasteiger charge is 2.47. The molecule has 0 radical (unpaired) electrons. The number of rotatable bonds is 5. The summed E-state index contributed by atoms with van der Waals surface area (Å²) >= 11 is 0. The van der Waals surface area contributed by atoms with Gasteiger partial charge in [-0.1, -0.05) is 116 Å². The Balaban J connectivity index is -0.000000605. The Morgan fingerprint density at radius 2 is 1.36 bits per heavy atom. The van der Waals surface area contributed by atoms with E-state index in [1.54, 1.807) is 0 Å². The van der Waals surface area contributed by atoms with Crippen LogP contribution in [0.15, 0.2) is 0 Å². The van der Waals surface area contributed by atoms with E-state index in [1.807, 2.05) is 27.7 Å². The third-order valence-electron chi connectivity index (χ3n) is 7.00. The van der Waals surface area contributed by atoms with E-state index in [0.29, 0.717) is 10.8 Å². The van der Waals surface area contributed by atoms with Crippen LogP contribution in [0.2, 0.25) is 0 Å². The van der Waals surface area contributed by atoms with Crippen molar-refractivity contribution in [3.8, 4) is 0 Å². The van der Waals surface area contributed by atoms with E-state index in [4.69, 9.17) is 0 Å². The Morgan fingerprint density at radius 1 is 0.960 bits per heavy atom. The molecule has 1 saturated carbocycles. The molecule has 0 aromatic carbocycles. The highest BCUT2D eigenvalue weighted by Crippen LogP contribution is 2.56. The van der Waals surface area contributed by atoms with Crippen LogP contribution in [0.1, 0.15) is 129 Å². The van der Waals surface area contributed by atoms with Gasteiger partial charge in [-0.15, -0.1) is 0 Å². The normalized spacial score (nSPS) is 26.5. The minimum atomic E-state index is 0.479. The second-order valence-electron chi connectivity index (χ2n) is 8.70. The first kappa shape index (κ1) is 29.8. The van der Waals surface area contributed by atoms with Crippen molar-refractivity contribution < 1.29 is 0 Å². The molecule has 0 aliphatic heterocycles. The van der Waals surface area contributed by atoms with Crippen molar-refractivity contribution in [1.82, 2.24) is 0 Å². The Labute approximate surface area is 164 Å². The van der Waals surface area contributed by atoms with Crippen molar-refractivity contribution in [2.24, 2.45) is 34.5 Å². The summed E-state index contributed by atoms with van der Waals surface area (Å²) in [7, 11) is 0. The minimum absolute atomic E-state index is 0.479. The van der Waals surface area contributed by atoms with Gasteiger partial charge in [-0.3, -0.25) is 0 Å². The fourth-order valence-corrected chi connectivity index (χ4v) is 4.35. The van der Waals surface area contributed by atoms with Gasteiger partial charge in [-0.25, -0.2) is 0 Å². The van der Waals surface area contributed by atoms with Crippen LogP contribution < -0.4 is 0 Å². The fraction of sp³-hybridized carbons (Fsp3) is 1.00. The third-order valence-corrected chi connectivity index (χ3v) is 7.00. The van der Waals surface area contributed by atoms with Crippen LogP contribution in [-0.2, 0) is 0 Å². The lowest BCUT2D eigenvalue weighted by Gasteiger charge is -2.44. The van der Waals surface area contributed by atoms with Crippen molar-refractivity contribution in [1.29, 1.82) is 0 Å². The second kappa shape index (κ2) is 15.1. The van der Waals surface area contributed by atoms with Crippen molar-refractivity contribution in [3.05, 3.63) is 0 Å². The molecule has 4 atom stereocenters. The lowest BCUT2D eigenvalue weighted by Crippen LogP contribution is -2.37. The maximum atomic E-state index is 2.53. The van der Waals surface area contributed by atoms with Crippen LogP contribution in [0.3, 0.4) is 0 Å². The molecule has 0 spiro atoms. The average molecular weight is 357 g/mol. The monoisotopic (exact) mass is 356 g/mol. The number of hydrogen-bond acceptors (Lipinski definition) is 0. The van der Waals surface area contributed by atoms with Gasteiger partial charge in [0.1, 0.15) is 0 Å². The summed E-state index contributed by atoms with van der Waals surface area (Å²) in [4.78, 5) is 0. The molecule has 0 N–H and O–H groups in total. The van der Waals surface area contributed by atoms with Gasteiger partial charge in [0.15, 0.2) is 0 Å². The molecular formula is C25H56. The van der Waals surface area contributed by atoms with E-state index >= 15 is 0 Å². The van der Waals surface area contributed by atoms with Crippen molar-refractivity contribution >= 4 is 0 Å². The zero-order valence-electron chi connectivity index (χ0n) is 20.8. The summed E-state index contributed by atoms with van der Waals surface area (Å²) in [6.07, 6.45) is 6.85. The summed E-state index contributed by atoms with van der Waals surface area (Å²) in [6, 6.07) is 0. The van der Waals surface area contributed by atoms with E-state index in [-0.39, 0.29) is 0 Å². The number of hydrogen-bond donors (Lipinski definition) is 0. The molecule has 0 heterocycles. The lowest BCUT2D eigenvalue weighted by atomic mass is 9.61. The highest BCUT2D eigenvalue weighted by molar-refractivity contribution is 4.97. The molecule has 0 aromatic heterocycles. The van der Waals surface area contributed by atoms with Crippen molar-refractivity contribution in [3.63, 3.8) is 0 Å². The molecule has 1 aliphatic rings. The van der Waals surface area contributed by atoms with Crippen LogP contribution in [0.4, 0.5) is 0 Å². The topological polar surface area (TPSA) is 0 Å². The predicted molar refractivity (Wildman–Crippen MR) is 121 cm³/mol. The van der Waals surface area contributed by atoms with E-state index in [1.165, 1.54) is 32.1 Å². The van der Waals surface area contributed by atoms with Crippen LogP contribution >= 0.6 is 0 Å². The van der Waals surface area contributed by atoms with E-state index in [2.05, 4.69) is 69.2 Å². The van der Waals surface area contributed by atoms with Gasteiger partial charge in [0.25, 0.3) is 0 Å². The van der Waals surface area contributed by atoms with Crippen LogP contribution in [-0.4, -0.2) is 0 Å². The summed E-state index contributed by atoms with van der Waals surface area (Å²) in [5.74, 6) is 3.51. The first-order valence-electron chi connectivity index (χ1n) is 11.6. The molecule has 1 fully saturated rings. The van der Waals surface area contributed by atoms with E-state index in [0.717, 1.165) is 23.7 Å². The van der Waals surface area contributed by atoms with Gasteiger partial charge in [0.2, 0.25) is 0 Å². The second-order valence-corrected chi connectivity index (χ2v) is 8.70. The van der Waals surface area contributed by atoms with Crippen LogP contribution in [0.5, 0.6) is 0 Å². The maximum absolute atomic E-state index is 2.53. The molecule has 1 rings (SSSR count). The molecule has 0 aromatic rings. The van der Waals surface area contributed by atoms with Gasteiger partial charge in [0, 0.05) is 0 Å². The molecule has 4 unspecified atom stereocenters. The van der Waals surface area contributed by atoms with Gasteiger partial charge in [0.05, 0.1) is 0 Å². The zero-order valence-corrected chi connectivity index (χ0v) is 20.8. The minimum Gasteiger partial charge on any atom is -0.0683 e. The van der Waals surface area contributed by atoms with Crippen LogP contribution in [0, 0.1) is 34.5 Å². The first-order chi connectivity index (χ1) is 11.6. The molecule has 0 heteroatoms. The van der Waals surface area contributed by atoms with Gasteiger partial charge in [-0.05, 0) is 47.3 Å². The molecule has 156 valence electrons. The largest absolute Gasteiger partial charge is 0.0683 e. The Hall–Kier alpha value is 0. The van der Waals surface area contributed by atoms with Crippen molar-refractivity contribution in [2.45, 2.75) is 129 Å². The fourth-order valence-electron chi connectivity index (χ4n) is 4.35. The summed E-state index contributed by atoms with van der Waals surface area (Å²) in [5.41, 5.74) is 1.08. The summed E-state index contributed by atoms with van der Waals surface area (Å²) in [5, 5.41) is 0. The molecule has 0 amide bonds. The lowest BCUT2D eigenvalue weighted by molar-refractivity contribution is 0.0480. The predicted octanol–water partition coefficient (Wildman–Crippen LogP) is 9.63. The van der Waals surface area contributed by atoms with Crippen LogP contribution in [0.25, 0.3) is 0 Å². The molecule has 0 saturated heterocycles. The Kier molecular flexibility index (Phi) is 18.0. The first-order valence-corrected chi connectivity index (χ1v) is 11.6. The Morgan fingerprint density at radius 3 is 1.60 bits per heavy atom. The zero-order chi connectivity index (χ0) is 20.8. The molecular weight excluding hydrogens is 300 g/mol. The average Bonchev–Trinajstić information content (AvgIpc) is 2.89. The highest BCUT2D eigenvalue weighted by atomic mass is 14.5. The Bertz CT molecular complexity index is 276. The smallest absolute Gasteiger partial charge is 0.0300 e.